The molecule has 2 heterocycles. The third-order valence-electron chi connectivity index (χ3n) is 6.20. The number of hydrogen-bond donors (Lipinski definition) is 1. The lowest BCUT2D eigenvalue weighted by Gasteiger charge is -2.39. The zero-order valence-electron chi connectivity index (χ0n) is 19.6. The number of likely N-dealkylation sites (tertiary alicyclic amines) is 1. The first kappa shape index (κ1) is 22.3. The number of hydrogen-bond acceptors (Lipinski definition) is 5. The Morgan fingerprint density at radius 3 is 2.62 bits per heavy atom. The van der Waals surface area contributed by atoms with E-state index in [4.69, 9.17) is 14.5 Å². The second-order valence-corrected chi connectivity index (χ2v) is 8.93. The van der Waals surface area contributed by atoms with Crippen LogP contribution in [0.15, 0.2) is 41.4 Å². The molecule has 32 heavy (non-hydrogen) atoms. The van der Waals surface area contributed by atoms with Crippen LogP contribution in [0.1, 0.15) is 60.2 Å². The monoisotopic (exact) mass is 435 g/mol. The molecule has 4 rings (SSSR count). The van der Waals surface area contributed by atoms with Gasteiger partial charge < -0.3 is 19.7 Å². The average Bonchev–Trinajstić information content (AvgIpc) is 2.78. The van der Waals surface area contributed by atoms with Gasteiger partial charge in [-0.3, -0.25) is 9.79 Å². The van der Waals surface area contributed by atoms with Gasteiger partial charge in [0.25, 0.3) is 5.91 Å². The van der Waals surface area contributed by atoms with E-state index in [2.05, 4.69) is 29.4 Å². The number of benzene rings is 2. The van der Waals surface area contributed by atoms with E-state index < -0.39 is 0 Å². The number of rotatable bonds is 6. The summed E-state index contributed by atoms with van der Waals surface area (Å²) in [6.45, 7) is 8.50. The molecule has 170 valence electrons. The lowest BCUT2D eigenvalue weighted by molar-refractivity contribution is 0.0943. The normalized spacial score (nSPS) is 20.2. The predicted octanol–water partition coefficient (Wildman–Crippen LogP) is 3.87. The highest BCUT2D eigenvalue weighted by molar-refractivity contribution is 6.15. The highest BCUT2D eigenvalue weighted by Gasteiger charge is 2.36. The highest BCUT2D eigenvalue weighted by Crippen LogP contribution is 2.42. The van der Waals surface area contributed by atoms with Gasteiger partial charge in [0.15, 0.2) is 11.5 Å². The maximum absolute atomic E-state index is 12.4. The van der Waals surface area contributed by atoms with E-state index in [1.54, 1.807) is 7.11 Å². The molecule has 0 radical (unpaired) electrons. The smallest absolute Gasteiger partial charge is 0.251 e. The van der Waals surface area contributed by atoms with Gasteiger partial charge in [-0.05, 0) is 70.6 Å². The van der Waals surface area contributed by atoms with Gasteiger partial charge in [-0.2, -0.15) is 0 Å². The average molecular weight is 436 g/mol. The fourth-order valence-corrected chi connectivity index (χ4v) is 4.67. The summed E-state index contributed by atoms with van der Waals surface area (Å²) in [5.74, 6) is 1.76. The molecule has 2 aliphatic heterocycles. The molecule has 0 aromatic heterocycles. The molecule has 6 nitrogen and oxygen atoms in total. The van der Waals surface area contributed by atoms with Crippen molar-refractivity contribution in [3.63, 3.8) is 0 Å². The molecule has 6 heteroatoms. The number of carbonyl (C=O) groups is 1. The number of carbonyl (C=O) groups excluding carboxylic acids is 1. The van der Waals surface area contributed by atoms with Crippen LogP contribution in [0.25, 0.3) is 0 Å². The summed E-state index contributed by atoms with van der Waals surface area (Å²) in [4.78, 5) is 20.0. The fraction of sp³-hybridized carbons (Fsp3) is 0.462. The largest absolute Gasteiger partial charge is 0.493 e. The van der Waals surface area contributed by atoms with Crippen molar-refractivity contribution in [2.75, 3.05) is 33.9 Å². The maximum Gasteiger partial charge on any atom is 0.251 e. The molecule has 2 aromatic carbocycles. The SMILES string of the molecule is CCOc1cc2c(cc1OC)C(c1ccc(C(=O)NC(C)C)cc1)=NC1CCN(C)CC21. The lowest BCUT2D eigenvalue weighted by atomic mass is 9.79. The molecule has 0 saturated carbocycles. The third-order valence-corrected chi connectivity index (χ3v) is 6.20. The molecule has 0 aliphatic carbocycles. The lowest BCUT2D eigenvalue weighted by Crippen LogP contribution is -2.41. The van der Waals surface area contributed by atoms with Crippen molar-refractivity contribution in [1.82, 2.24) is 10.2 Å². The number of nitrogens with one attached hydrogen (secondary N) is 1. The molecule has 2 aromatic rings. The van der Waals surface area contributed by atoms with Crippen molar-refractivity contribution in [2.24, 2.45) is 4.99 Å². The van der Waals surface area contributed by atoms with Crippen LogP contribution < -0.4 is 14.8 Å². The zero-order valence-corrected chi connectivity index (χ0v) is 19.6. The molecule has 1 amide bonds. The van der Waals surface area contributed by atoms with Gasteiger partial charge >= 0.3 is 0 Å². The van der Waals surface area contributed by atoms with Crippen LogP contribution in [-0.2, 0) is 0 Å². The first-order valence-electron chi connectivity index (χ1n) is 11.4. The summed E-state index contributed by atoms with van der Waals surface area (Å²) in [7, 11) is 3.84. The molecular formula is C26H33N3O3. The Kier molecular flexibility index (Phi) is 6.51. The summed E-state index contributed by atoms with van der Waals surface area (Å²) in [5, 5.41) is 2.94. The van der Waals surface area contributed by atoms with E-state index in [1.165, 1.54) is 5.56 Å². The Bertz CT molecular complexity index is 1010. The van der Waals surface area contributed by atoms with E-state index >= 15 is 0 Å². The van der Waals surface area contributed by atoms with Crippen LogP contribution >= 0.6 is 0 Å². The molecule has 2 unspecified atom stereocenters. The Hall–Kier alpha value is -2.86. The van der Waals surface area contributed by atoms with Crippen LogP contribution in [0.4, 0.5) is 0 Å². The van der Waals surface area contributed by atoms with Gasteiger partial charge in [-0.1, -0.05) is 12.1 Å². The quantitative estimate of drug-likeness (QED) is 0.748. The van der Waals surface area contributed by atoms with E-state index in [-0.39, 0.29) is 18.0 Å². The standard InChI is InChI=1S/C26H33N3O3/c1-6-32-24-13-19-20(14-23(24)31-5)25(28-22-11-12-29(4)15-21(19)22)17-7-9-18(10-8-17)26(30)27-16(2)3/h7-10,13-14,16,21-22H,6,11-12,15H2,1-5H3,(H,27,30). The van der Waals surface area contributed by atoms with Crippen LogP contribution in [0.2, 0.25) is 0 Å². The number of methoxy groups -OCH3 is 1. The van der Waals surface area contributed by atoms with Crippen LogP contribution in [-0.4, -0.2) is 62.5 Å². The number of piperidine rings is 1. The highest BCUT2D eigenvalue weighted by atomic mass is 16.5. The van der Waals surface area contributed by atoms with E-state index in [9.17, 15) is 4.79 Å². The van der Waals surface area contributed by atoms with E-state index in [0.717, 1.165) is 42.1 Å². The first-order chi connectivity index (χ1) is 15.4. The Labute approximate surface area is 190 Å². The minimum Gasteiger partial charge on any atom is -0.493 e. The number of ether oxygens (including phenoxy) is 2. The Morgan fingerprint density at radius 2 is 1.97 bits per heavy atom. The Balaban J connectivity index is 1.77. The number of amides is 1. The summed E-state index contributed by atoms with van der Waals surface area (Å²) in [5.41, 5.74) is 4.97. The molecular weight excluding hydrogens is 402 g/mol. The van der Waals surface area contributed by atoms with E-state index in [0.29, 0.717) is 23.8 Å². The van der Waals surface area contributed by atoms with Crippen molar-refractivity contribution >= 4 is 11.6 Å². The van der Waals surface area contributed by atoms with Gasteiger partial charge in [0.1, 0.15) is 0 Å². The van der Waals surface area contributed by atoms with Crippen molar-refractivity contribution in [1.29, 1.82) is 0 Å². The molecule has 1 fully saturated rings. The van der Waals surface area contributed by atoms with Crippen molar-refractivity contribution < 1.29 is 14.3 Å². The summed E-state index contributed by atoms with van der Waals surface area (Å²) < 4.78 is 11.5. The molecule has 2 atom stereocenters. The first-order valence-corrected chi connectivity index (χ1v) is 11.4. The second kappa shape index (κ2) is 9.33. The molecule has 0 spiro atoms. The van der Waals surface area contributed by atoms with Gasteiger partial charge in [-0.15, -0.1) is 0 Å². The predicted molar refractivity (Wildman–Crippen MR) is 127 cm³/mol. The second-order valence-electron chi connectivity index (χ2n) is 8.93. The number of aliphatic imine (C=N–C) groups is 1. The summed E-state index contributed by atoms with van der Waals surface area (Å²) in [6.07, 6.45) is 1.02. The summed E-state index contributed by atoms with van der Waals surface area (Å²) >= 11 is 0. The van der Waals surface area contributed by atoms with Crippen molar-refractivity contribution in [2.45, 2.75) is 45.2 Å². The van der Waals surface area contributed by atoms with Gasteiger partial charge in [0, 0.05) is 35.2 Å². The minimum atomic E-state index is -0.0593. The molecule has 1 saturated heterocycles. The molecule has 0 bridgehead atoms. The maximum atomic E-state index is 12.4. The summed E-state index contributed by atoms with van der Waals surface area (Å²) in [6, 6.07) is 12.3. The van der Waals surface area contributed by atoms with Gasteiger partial charge in [-0.25, -0.2) is 0 Å². The van der Waals surface area contributed by atoms with Crippen LogP contribution in [0.5, 0.6) is 11.5 Å². The number of nitrogens with zero attached hydrogens (tertiary/aromatic N) is 2. The topological polar surface area (TPSA) is 63.2 Å². The van der Waals surface area contributed by atoms with Crippen molar-refractivity contribution in [3.8, 4) is 11.5 Å². The van der Waals surface area contributed by atoms with Crippen LogP contribution in [0.3, 0.4) is 0 Å². The zero-order chi connectivity index (χ0) is 22.8. The molecule has 1 N–H and O–H groups in total. The van der Waals surface area contributed by atoms with Crippen LogP contribution in [0, 0.1) is 0 Å². The molecule has 2 aliphatic rings. The van der Waals surface area contributed by atoms with E-state index in [1.807, 2.05) is 45.0 Å². The fourth-order valence-electron chi connectivity index (χ4n) is 4.67. The van der Waals surface area contributed by atoms with Gasteiger partial charge in [0.05, 0.1) is 25.5 Å². The Morgan fingerprint density at radius 1 is 1.22 bits per heavy atom. The minimum absolute atomic E-state index is 0.0593. The van der Waals surface area contributed by atoms with Gasteiger partial charge in [0.2, 0.25) is 0 Å². The third kappa shape index (κ3) is 4.37. The number of likely N-dealkylation sites (N-methyl/N-ethyl adjacent to an activating group) is 1. The number of fused-ring (bicyclic) bond motifs is 3. The van der Waals surface area contributed by atoms with Crippen molar-refractivity contribution in [3.05, 3.63) is 58.7 Å².